The number of phosphoric ester groups is 1. The van der Waals surface area contributed by atoms with Crippen LogP contribution in [0, 0.1) is 0 Å². The summed E-state index contributed by atoms with van der Waals surface area (Å²) in [7, 11) is 1.50. The highest BCUT2D eigenvalue weighted by Crippen LogP contribution is 2.43. The molecule has 10 heteroatoms. The van der Waals surface area contributed by atoms with E-state index in [1.54, 1.807) is 0 Å². The van der Waals surface area contributed by atoms with Crippen molar-refractivity contribution in [3.8, 4) is 0 Å². The van der Waals surface area contributed by atoms with E-state index >= 15 is 0 Å². The fraction of sp³-hybridized carbons (Fsp3) is 0.964. The molecule has 0 saturated carbocycles. The summed E-state index contributed by atoms with van der Waals surface area (Å²) in [5, 5.41) is 0. The van der Waals surface area contributed by atoms with Crippen LogP contribution >= 0.6 is 7.82 Å². The zero-order valence-corrected chi connectivity index (χ0v) is 44.9. The lowest BCUT2D eigenvalue weighted by Crippen LogP contribution is -2.37. The van der Waals surface area contributed by atoms with Gasteiger partial charge in [-0.1, -0.05) is 264 Å². The van der Waals surface area contributed by atoms with Gasteiger partial charge in [-0.2, -0.15) is 0 Å². The minimum absolute atomic E-state index is 0.0373. The summed E-state index contributed by atoms with van der Waals surface area (Å²) in [6.07, 6.45) is 53.1. The van der Waals surface area contributed by atoms with Crippen LogP contribution in [0.3, 0.4) is 0 Å². The Labute approximate surface area is 404 Å². The fourth-order valence-corrected chi connectivity index (χ4v) is 9.23. The average molecular weight is 945 g/mol. The van der Waals surface area contributed by atoms with Crippen LogP contribution in [0.4, 0.5) is 0 Å². The molecular weight excluding hydrogens is 834 g/mol. The topological polar surface area (TPSA) is 108 Å². The number of hydrogen-bond acceptors (Lipinski definition) is 7. The number of likely N-dealkylation sites (N-methyl/N-ethyl adjacent to an activating group) is 1. The van der Waals surface area contributed by atoms with Crippen molar-refractivity contribution in [3.63, 3.8) is 0 Å². The van der Waals surface area contributed by atoms with Crippen molar-refractivity contribution in [3.05, 3.63) is 0 Å². The largest absolute Gasteiger partial charge is 0.472 e. The minimum atomic E-state index is -4.37. The molecule has 0 spiro atoms. The first-order valence-electron chi connectivity index (χ1n) is 28.3. The first kappa shape index (κ1) is 64.0. The van der Waals surface area contributed by atoms with E-state index in [0.717, 1.165) is 38.5 Å². The normalized spacial score (nSPS) is 13.3. The van der Waals surface area contributed by atoms with Crippen LogP contribution in [-0.4, -0.2) is 74.9 Å². The number of carbonyl (C=O) groups is 2. The fourth-order valence-electron chi connectivity index (χ4n) is 8.49. The molecule has 0 bridgehead atoms. The summed E-state index contributed by atoms with van der Waals surface area (Å²) in [6.45, 7) is 4.50. The van der Waals surface area contributed by atoms with Crippen LogP contribution in [0.2, 0.25) is 0 Å². The molecule has 0 aromatic rings. The van der Waals surface area contributed by atoms with Crippen LogP contribution in [0.1, 0.15) is 290 Å². The molecule has 0 saturated heterocycles. The van der Waals surface area contributed by atoms with Crippen LogP contribution in [0.15, 0.2) is 0 Å². The Kier molecular flexibility index (Phi) is 47.3. The van der Waals surface area contributed by atoms with E-state index in [9.17, 15) is 19.0 Å². The van der Waals surface area contributed by atoms with Gasteiger partial charge in [0.15, 0.2) is 6.10 Å². The molecule has 0 fully saturated rings. The van der Waals surface area contributed by atoms with Gasteiger partial charge in [-0.15, -0.1) is 0 Å². The molecule has 0 aliphatic rings. The summed E-state index contributed by atoms with van der Waals surface area (Å²) in [5.41, 5.74) is 0. The summed E-state index contributed by atoms with van der Waals surface area (Å²) < 4.78 is 34.5. The monoisotopic (exact) mass is 945 g/mol. The first-order valence-corrected chi connectivity index (χ1v) is 29.8. The van der Waals surface area contributed by atoms with Crippen molar-refractivity contribution in [1.29, 1.82) is 0 Å². The molecule has 388 valence electrons. The van der Waals surface area contributed by atoms with Gasteiger partial charge in [-0.25, -0.2) is 4.57 Å². The maximum atomic E-state index is 12.8. The van der Waals surface area contributed by atoms with Gasteiger partial charge in [0.2, 0.25) is 0 Å². The van der Waals surface area contributed by atoms with E-state index in [2.05, 4.69) is 13.8 Å². The smallest absolute Gasteiger partial charge is 0.462 e. The first-order chi connectivity index (χ1) is 31.5. The van der Waals surface area contributed by atoms with Gasteiger partial charge >= 0.3 is 19.8 Å². The lowest BCUT2D eigenvalue weighted by atomic mass is 10.0. The van der Waals surface area contributed by atoms with Gasteiger partial charge in [0.25, 0.3) is 0 Å². The van der Waals surface area contributed by atoms with Crippen molar-refractivity contribution in [2.24, 2.45) is 0 Å². The van der Waals surface area contributed by atoms with Crippen molar-refractivity contribution in [1.82, 2.24) is 0 Å². The number of ether oxygens (including phenoxy) is 2. The van der Waals surface area contributed by atoms with E-state index in [-0.39, 0.29) is 25.6 Å². The highest BCUT2D eigenvalue weighted by atomic mass is 31.2. The average Bonchev–Trinajstić information content (AvgIpc) is 3.26. The van der Waals surface area contributed by atoms with Gasteiger partial charge in [0, 0.05) is 12.8 Å². The SMILES string of the molecule is CCCCCCCCCCCCCCCCCCCCCCCCCCCC(=O)OC(COC(=O)CCCCCCCCCCCCCCCCCC)COP(=O)(O)OCC[N+](C)(C)C. The highest BCUT2D eigenvalue weighted by molar-refractivity contribution is 7.47. The molecule has 65 heavy (non-hydrogen) atoms. The highest BCUT2D eigenvalue weighted by Gasteiger charge is 2.27. The second-order valence-electron chi connectivity index (χ2n) is 20.7. The van der Waals surface area contributed by atoms with Crippen LogP contribution in [-0.2, 0) is 32.7 Å². The third kappa shape index (κ3) is 52.2. The van der Waals surface area contributed by atoms with Crippen molar-refractivity contribution < 1.29 is 42.1 Å². The molecule has 0 radical (unpaired) electrons. The third-order valence-electron chi connectivity index (χ3n) is 12.9. The Bertz CT molecular complexity index is 1070. The zero-order chi connectivity index (χ0) is 47.8. The number of nitrogens with zero attached hydrogens (tertiary/aromatic N) is 1. The van der Waals surface area contributed by atoms with E-state index in [0.29, 0.717) is 17.4 Å². The molecule has 0 aromatic heterocycles. The van der Waals surface area contributed by atoms with Gasteiger partial charge in [-0.05, 0) is 12.8 Å². The van der Waals surface area contributed by atoms with Gasteiger partial charge in [0.05, 0.1) is 27.7 Å². The Morgan fingerprint density at radius 3 is 0.985 bits per heavy atom. The number of hydrogen-bond donors (Lipinski definition) is 1. The third-order valence-corrected chi connectivity index (χ3v) is 13.9. The number of quaternary nitrogens is 1. The van der Waals surface area contributed by atoms with Crippen molar-refractivity contribution in [2.45, 2.75) is 296 Å². The molecular formula is C55H111NO8P+. The number of phosphoric acid groups is 1. The predicted molar refractivity (Wildman–Crippen MR) is 275 cm³/mol. The molecule has 0 aliphatic carbocycles. The summed E-state index contributed by atoms with van der Waals surface area (Å²) >= 11 is 0. The summed E-state index contributed by atoms with van der Waals surface area (Å²) in [4.78, 5) is 35.6. The molecule has 0 aromatic carbocycles. The lowest BCUT2D eigenvalue weighted by Gasteiger charge is -2.24. The van der Waals surface area contributed by atoms with Gasteiger partial charge < -0.3 is 18.9 Å². The quantitative estimate of drug-likeness (QED) is 0.0278. The Morgan fingerprint density at radius 2 is 0.692 bits per heavy atom. The van der Waals surface area contributed by atoms with Gasteiger partial charge in [0.1, 0.15) is 19.8 Å². The second kappa shape index (κ2) is 48.1. The molecule has 9 nitrogen and oxygen atoms in total. The zero-order valence-electron chi connectivity index (χ0n) is 44.0. The maximum Gasteiger partial charge on any atom is 0.472 e. The van der Waals surface area contributed by atoms with E-state index in [1.165, 1.54) is 225 Å². The van der Waals surface area contributed by atoms with E-state index < -0.39 is 26.5 Å². The van der Waals surface area contributed by atoms with E-state index in [1.807, 2.05) is 21.1 Å². The van der Waals surface area contributed by atoms with Crippen molar-refractivity contribution in [2.75, 3.05) is 47.5 Å². The molecule has 0 heterocycles. The van der Waals surface area contributed by atoms with Crippen LogP contribution < -0.4 is 0 Å². The Morgan fingerprint density at radius 1 is 0.415 bits per heavy atom. The van der Waals surface area contributed by atoms with Gasteiger partial charge in [-0.3, -0.25) is 18.6 Å². The standard InChI is InChI=1S/C55H110NO8P/c1-6-8-10-12-14-16-18-20-22-24-25-26-27-28-29-30-31-32-34-36-38-40-42-44-46-48-55(58)64-53(52-63-65(59,60)62-50-49-56(3,4)5)51-61-54(57)47-45-43-41-39-37-35-33-23-21-19-17-15-13-11-9-7-2/h53H,6-52H2,1-5H3/p+1. The number of esters is 2. The molecule has 1 N–H and O–H groups in total. The number of rotatable bonds is 53. The second-order valence-corrected chi connectivity index (χ2v) is 22.1. The summed E-state index contributed by atoms with van der Waals surface area (Å²) in [6, 6.07) is 0. The minimum Gasteiger partial charge on any atom is -0.462 e. The van der Waals surface area contributed by atoms with Crippen LogP contribution in [0.5, 0.6) is 0 Å². The lowest BCUT2D eigenvalue weighted by molar-refractivity contribution is -0.870. The molecule has 0 aliphatic heterocycles. The number of carbonyl (C=O) groups excluding carboxylic acids is 2. The number of unbranched alkanes of at least 4 members (excludes halogenated alkanes) is 39. The molecule has 0 rings (SSSR count). The molecule has 2 unspecified atom stereocenters. The molecule has 2 atom stereocenters. The van der Waals surface area contributed by atoms with E-state index in [4.69, 9.17) is 18.5 Å². The van der Waals surface area contributed by atoms with Crippen molar-refractivity contribution >= 4 is 19.8 Å². The molecule has 0 amide bonds. The van der Waals surface area contributed by atoms with Crippen LogP contribution in [0.25, 0.3) is 0 Å². The Balaban J connectivity index is 4.10. The predicted octanol–water partition coefficient (Wildman–Crippen LogP) is 17.1. The summed E-state index contributed by atoms with van der Waals surface area (Å²) in [5.74, 6) is -0.775. The Hall–Kier alpha value is -0.990. The maximum absolute atomic E-state index is 12.8.